The van der Waals surface area contributed by atoms with Crippen LogP contribution in [0.3, 0.4) is 0 Å². The number of carbonyl (C=O) groups is 1. The van der Waals surface area contributed by atoms with Gasteiger partial charge in [0.1, 0.15) is 0 Å². The molecule has 1 saturated heterocycles. The molecule has 0 spiro atoms. The van der Waals surface area contributed by atoms with Gasteiger partial charge in [0.05, 0.1) is 17.7 Å². The van der Waals surface area contributed by atoms with Crippen LogP contribution in [0.15, 0.2) is 42.5 Å². The zero-order valence-electron chi connectivity index (χ0n) is 17.8. The standard InChI is InChI=1S/C23H28Cl2N2O3S/c1-3-17-6-8-18(9-7-17)16(2)26-23(28)19-5-4-12-27(14-19)31(29,30)15-20-10-11-21(24)13-22(20)25/h6-11,13,16,19H,3-5,12,14-15H2,1-2H3,(H,26,28)/t16-,19-/m1/s1. The van der Waals surface area contributed by atoms with E-state index >= 15 is 0 Å². The van der Waals surface area contributed by atoms with Gasteiger partial charge in [-0.1, -0.05) is 60.5 Å². The second kappa shape index (κ2) is 10.3. The maximum Gasteiger partial charge on any atom is 0.224 e. The Kier molecular flexibility index (Phi) is 8.03. The van der Waals surface area contributed by atoms with E-state index in [-0.39, 0.29) is 30.2 Å². The summed E-state index contributed by atoms with van der Waals surface area (Å²) in [6.07, 6.45) is 2.28. The number of aryl methyl sites for hydroxylation is 1. The van der Waals surface area contributed by atoms with Crippen molar-refractivity contribution in [2.24, 2.45) is 5.92 Å². The molecule has 0 aromatic heterocycles. The number of rotatable bonds is 7. The quantitative estimate of drug-likeness (QED) is 0.605. The highest BCUT2D eigenvalue weighted by atomic mass is 35.5. The summed E-state index contributed by atoms with van der Waals surface area (Å²) in [5.41, 5.74) is 2.78. The van der Waals surface area contributed by atoms with Crippen molar-refractivity contribution in [3.63, 3.8) is 0 Å². The second-order valence-electron chi connectivity index (χ2n) is 8.01. The molecule has 1 N–H and O–H groups in total. The molecule has 2 atom stereocenters. The number of benzene rings is 2. The first-order valence-corrected chi connectivity index (χ1v) is 12.9. The number of hydrogen-bond acceptors (Lipinski definition) is 3. The summed E-state index contributed by atoms with van der Waals surface area (Å²) in [6, 6.07) is 12.8. The van der Waals surface area contributed by atoms with Crippen molar-refractivity contribution in [2.75, 3.05) is 13.1 Å². The SMILES string of the molecule is CCc1ccc([C@@H](C)NC(=O)[C@@H]2CCCN(S(=O)(=O)Cc3ccc(Cl)cc3Cl)C2)cc1. The first kappa shape index (κ1) is 24.1. The summed E-state index contributed by atoms with van der Waals surface area (Å²) < 4.78 is 27.3. The topological polar surface area (TPSA) is 66.5 Å². The molecule has 1 amide bonds. The molecule has 0 aliphatic carbocycles. The molecule has 1 aliphatic heterocycles. The molecule has 0 bridgehead atoms. The number of carbonyl (C=O) groups excluding carboxylic acids is 1. The number of nitrogens with one attached hydrogen (secondary N) is 1. The van der Waals surface area contributed by atoms with Gasteiger partial charge in [0, 0.05) is 23.1 Å². The van der Waals surface area contributed by atoms with Crippen molar-refractivity contribution in [2.45, 2.75) is 44.9 Å². The van der Waals surface area contributed by atoms with Crippen LogP contribution >= 0.6 is 23.2 Å². The van der Waals surface area contributed by atoms with E-state index in [0.29, 0.717) is 35.0 Å². The van der Waals surface area contributed by atoms with Crippen molar-refractivity contribution in [1.82, 2.24) is 9.62 Å². The maximum atomic E-state index is 13.0. The highest BCUT2D eigenvalue weighted by Gasteiger charge is 2.33. The predicted molar refractivity (Wildman–Crippen MR) is 126 cm³/mol. The Labute approximate surface area is 194 Å². The lowest BCUT2D eigenvalue weighted by Gasteiger charge is -2.32. The van der Waals surface area contributed by atoms with Crippen LogP contribution in [0.4, 0.5) is 0 Å². The van der Waals surface area contributed by atoms with Crippen LogP contribution in [-0.2, 0) is 27.0 Å². The monoisotopic (exact) mass is 482 g/mol. The number of nitrogens with zero attached hydrogens (tertiary/aromatic N) is 1. The van der Waals surface area contributed by atoms with E-state index in [1.807, 2.05) is 19.1 Å². The molecule has 3 rings (SSSR count). The first-order valence-electron chi connectivity index (χ1n) is 10.5. The zero-order chi connectivity index (χ0) is 22.6. The Bertz CT molecular complexity index is 1030. The molecule has 0 radical (unpaired) electrons. The van der Waals surface area contributed by atoms with Gasteiger partial charge in [-0.05, 0) is 55.0 Å². The summed E-state index contributed by atoms with van der Waals surface area (Å²) in [5, 5.41) is 3.83. The Morgan fingerprint density at radius 1 is 1.19 bits per heavy atom. The number of piperidine rings is 1. The van der Waals surface area contributed by atoms with Crippen LogP contribution in [0.5, 0.6) is 0 Å². The lowest BCUT2D eigenvalue weighted by Crippen LogP contribution is -2.46. The minimum Gasteiger partial charge on any atom is -0.349 e. The van der Waals surface area contributed by atoms with Crippen molar-refractivity contribution in [3.8, 4) is 0 Å². The molecule has 0 saturated carbocycles. The highest BCUT2D eigenvalue weighted by molar-refractivity contribution is 7.88. The van der Waals surface area contributed by atoms with E-state index in [1.165, 1.54) is 15.9 Å². The highest BCUT2D eigenvalue weighted by Crippen LogP contribution is 2.27. The van der Waals surface area contributed by atoms with Crippen LogP contribution in [0.1, 0.15) is 49.4 Å². The molecule has 31 heavy (non-hydrogen) atoms. The van der Waals surface area contributed by atoms with Gasteiger partial charge in [0.25, 0.3) is 0 Å². The van der Waals surface area contributed by atoms with Gasteiger partial charge in [-0.3, -0.25) is 4.79 Å². The molecule has 5 nitrogen and oxygen atoms in total. The summed E-state index contributed by atoms with van der Waals surface area (Å²) in [5.74, 6) is -0.699. The molecule has 1 fully saturated rings. The van der Waals surface area contributed by atoms with Gasteiger partial charge in [-0.2, -0.15) is 0 Å². The number of hydrogen-bond donors (Lipinski definition) is 1. The Balaban J connectivity index is 1.63. The second-order valence-corrected chi connectivity index (χ2v) is 10.8. The van der Waals surface area contributed by atoms with Crippen LogP contribution in [0, 0.1) is 5.92 Å². The van der Waals surface area contributed by atoms with Crippen molar-refractivity contribution in [3.05, 3.63) is 69.2 Å². The maximum absolute atomic E-state index is 13.0. The van der Waals surface area contributed by atoms with Crippen LogP contribution in [0.2, 0.25) is 10.0 Å². The molecular weight excluding hydrogens is 455 g/mol. The molecule has 8 heteroatoms. The lowest BCUT2D eigenvalue weighted by molar-refractivity contribution is -0.126. The van der Waals surface area contributed by atoms with E-state index in [4.69, 9.17) is 23.2 Å². The number of halogens is 2. The van der Waals surface area contributed by atoms with Crippen LogP contribution in [-0.4, -0.2) is 31.7 Å². The van der Waals surface area contributed by atoms with Crippen molar-refractivity contribution < 1.29 is 13.2 Å². The number of amides is 1. The summed E-state index contributed by atoms with van der Waals surface area (Å²) in [7, 11) is -3.60. The van der Waals surface area contributed by atoms with Crippen LogP contribution in [0.25, 0.3) is 0 Å². The third kappa shape index (κ3) is 6.22. The zero-order valence-corrected chi connectivity index (χ0v) is 20.1. The van der Waals surface area contributed by atoms with Gasteiger partial charge in [-0.15, -0.1) is 0 Å². The Hall–Kier alpha value is -1.60. The van der Waals surface area contributed by atoms with Gasteiger partial charge < -0.3 is 5.32 Å². The molecule has 1 aliphatic rings. The minimum absolute atomic E-state index is 0.114. The van der Waals surface area contributed by atoms with Crippen molar-refractivity contribution >= 4 is 39.1 Å². The van der Waals surface area contributed by atoms with E-state index in [0.717, 1.165) is 12.0 Å². The van der Waals surface area contributed by atoms with Crippen LogP contribution < -0.4 is 5.32 Å². The summed E-state index contributed by atoms with van der Waals surface area (Å²) in [4.78, 5) is 12.9. The fourth-order valence-electron chi connectivity index (χ4n) is 3.79. The third-order valence-corrected chi connectivity index (χ3v) is 8.13. The largest absolute Gasteiger partial charge is 0.349 e. The normalized spacial score (nSPS) is 18.5. The van der Waals surface area contributed by atoms with Gasteiger partial charge in [0.2, 0.25) is 15.9 Å². The molecule has 2 aromatic rings. The Morgan fingerprint density at radius 3 is 2.55 bits per heavy atom. The van der Waals surface area contributed by atoms with E-state index in [1.54, 1.807) is 12.1 Å². The summed E-state index contributed by atoms with van der Waals surface area (Å²) in [6.45, 7) is 4.63. The van der Waals surface area contributed by atoms with E-state index in [9.17, 15) is 13.2 Å². The molecule has 2 aromatic carbocycles. The molecular formula is C23H28Cl2N2O3S. The molecule has 168 valence electrons. The molecule has 0 unspecified atom stereocenters. The average molecular weight is 483 g/mol. The Morgan fingerprint density at radius 2 is 1.90 bits per heavy atom. The predicted octanol–water partition coefficient (Wildman–Crippen LogP) is 4.98. The van der Waals surface area contributed by atoms with E-state index in [2.05, 4.69) is 24.4 Å². The fourth-order valence-corrected chi connectivity index (χ4v) is 5.99. The van der Waals surface area contributed by atoms with Gasteiger partial charge in [0.15, 0.2) is 0 Å². The van der Waals surface area contributed by atoms with Gasteiger partial charge in [-0.25, -0.2) is 12.7 Å². The summed E-state index contributed by atoms with van der Waals surface area (Å²) >= 11 is 12.1. The van der Waals surface area contributed by atoms with Gasteiger partial charge >= 0.3 is 0 Å². The third-order valence-electron chi connectivity index (χ3n) is 5.75. The average Bonchev–Trinajstić information content (AvgIpc) is 2.75. The molecule has 1 heterocycles. The number of sulfonamides is 1. The smallest absolute Gasteiger partial charge is 0.224 e. The van der Waals surface area contributed by atoms with Crippen molar-refractivity contribution in [1.29, 1.82) is 0 Å². The van der Waals surface area contributed by atoms with E-state index < -0.39 is 10.0 Å². The fraction of sp³-hybridized carbons (Fsp3) is 0.435. The minimum atomic E-state index is -3.60. The first-order chi connectivity index (χ1) is 14.7. The lowest BCUT2D eigenvalue weighted by atomic mass is 9.97.